The lowest BCUT2D eigenvalue weighted by Gasteiger charge is -2.06. The molecule has 5 heteroatoms. The number of aryl methyl sites for hydroxylation is 1. The normalized spacial score (nSPS) is 10.5. The van der Waals surface area contributed by atoms with Gasteiger partial charge in [-0.25, -0.2) is 0 Å². The van der Waals surface area contributed by atoms with Crippen molar-refractivity contribution in [2.45, 2.75) is 52.1 Å². The molecule has 2 aromatic rings. The molecule has 2 N–H and O–H groups in total. The molecule has 0 aliphatic rings. The topological polar surface area (TPSA) is 86.5 Å². The number of rotatable bonds is 11. The van der Waals surface area contributed by atoms with Crippen LogP contribution in [0.3, 0.4) is 0 Å². The van der Waals surface area contributed by atoms with Gasteiger partial charge in [-0.05, 0) is 36.1 Å². The molecule has 0 unspecified atom stereocenters. The highest BCUT2D eigenvalue weighted by molar-refractivity contribution is 5.97. The van der Waals surface area contributed by atoms with Crippen molar-refractivity contribution in [2.75, 3.05) is 0 Å². The van der Waals surface area contributed by atoms with Crippen LogP contribution in [0.25, 0.3) is 0 Å². The van der Waals surface area contributed by atoms with Gasteiger partial charge in [0.25, 0.3) is 0 Å². The first-order valence-electron chi connectivity index (χ1n) is 9.66. The molecule has 0 heterocycles. The molecule has 0 saturated heterocycles. The lowest BCUT2D eigenvalue weighted by Crippen LogP contribution is -2.11. The van der Waals surface area contributed by atoms with E-state index in [1.807, 2.05) is 24.3 Å². The van der Waals surface area contributed by atoms with Crippen LogP contribution >= 0.6 is 0 Å². The summed E-state index contributed by atoms with van der Waals surface area (Å²) < 4.78 is 5.18. The van der Waals surface area contributed by atoms with Gasteiger partial charge in [-0.3, -0.25) is 14.4 Å². The van der Waals surface area contributed by atoms with Gasteiger partial charge >= 0.3 is 5.97 Å². The summed E-state index contributed by atoms with van der Waals surface area (Å²) >= 11 is 0. The first kappa shape index (κ1) is 21.4. The molecule has 0 aliphatic carbocycles. The molecule has 0 bridgehead atoms. The summed E-state index contributed by atoms with van der Waals surface area (Å²) in [4.78, 5) is 35.2. The van der Waals surface area contributed by atoms with Crippen molar-refractivity contribution in [3.05, 3.63) is 70.8 Å². The Morgan fingerprint density at radius 1 is 0.821 bits per heavy atom. The van der Waals surface area contributed by atoms with Crippen LogP contribution in [0.15, 0.2) is 48.5 Å². The summed E-state index contributed by atoms with van der Waals surface area (Å²) in [6.45, 7) is 2.27. The molecule has 0 spiro atoms. The summed E-state index contributed by atoms with van der Waals surface area (Å²) in [5, 5.41) is 0. The molecule has 0 radical (unpaired) electrons. The first-order valence-corrected chi connectivity index (χ1v) is 9.66. The van der Waals surface area contributed by atoms with Crippen LogP contribution in [0.1, 0.15) is 70.9 Å². The fourth-order valence-corrected chi connectivity index (χ4v) is 2.80. The fraction of sp³-hybridized carbons (Fsp3) is 0.348. The summed E-state index contributed by atoms with van der Waals surface area (Å²) in [6, 6.07) is 14.2. The van der Waals surface area contributed by atoms with E-state index in [2.05, 4.69) is 6.92 Å². The number of esters is 1. The Balaban J connectivity index is 1.74. The Bertz CT molecular complexity index is 794. The predicted octanol–water partition coefficient (Wildman–Crippen LogP) is 4.22. The molecule has 5 nitrogen and oxygen atoms in total. The van der Waals surface area contributed by atoms with Crippen molar-refractivity contribution in [3.63, 3.8) is 0 Å². The molecule has 1 amide bonds. The van der Waals surface area contributed by atoms with E-state index in [1.165, 1.54) is 18.4 Å². The van der Waals surface area contributed by atoms with Gasteiger partial charge in [-0.2, -0.15) is 0 Å². The van der Waals surface area contributed by atoms with E-state index >= 15 is 0 Å². The molecule has 148 valence electrons. The van der Waals surface area contributed by atoms with E-state index in [0.717, 1.165) is 18.4 Å². The van der Waals surface area contributed by atoms with Crippen molar-refractivity contribution < 1.29 is 19.1 Å². The number of unbranched alkanes of at least 4 members (excludes halogenated alkanes) is 2. The minimum atomic E-state index is -0.504. The first-order chi connectivity index (χ1) is 13.5. The van der Waals surface area contributed by atoms with Crippen molar-refractivity contribution in [2.24, 2.45) is 5.73 Å². The highest BCUT2D eigenvalue weighted by Crippen LogP contribution is 2.12. The third-order valence-corrected chi connectivity index (χ3v) is 4.54. The van der Waals surface area contributed by atoms with Gasteiger partial charge in [0, 0.05) is 17.5 Å². The van der Waals surface area contributed by atoms with Crippen LogP contribution in [0.5, 0.6) is 0 Å². The number of amides is 1. The van der Waals surface area contributed by atoms with Crippen LogP contribution < -0.4 is 5.73 Å². The maximum absolute atomic E-state index is 12.2. The van der Waals surface area contributed by atoms with Crippen LogP contribution in [-0.4, -0.2) is 17.7 Å². The van der Waals surface area contributed by atoms with Gasteiger partial charge < -0.3 is 10.5 Å². The van der Waals surface area contributed by atoms with Crippen molar-refractivity contribution in [1.29, 1.82) is 0 Å². The second-order valence-corrected chi connectivity index (χ2v) is 6.80. The van der Waals surface area contributed by atoms with Crippen LogP contribution in [-0.2, 0) is 22.6 Å². The largest absolute Gasteiger partial charge is 0.461 e. The number of hydrogen-bond donors (Lipinski definition) is 1. The van der Waals surface area contributed by atoms with E-state index in [0.29, 0.717) is 11.1 Å². The molecule has 28 heavy (non-hydrogen) atoms. The Kier molecular flexibility index (Phi) is 8.40. The van der Waals surface area contributed by atoms with E-state index in [-0.39, 0.29) is 25.2 Å². The third-order valence-electron chi connectivity index (χ3n) is 4.54. The number of carbonyl (C=O) groups is 3. The molecule has 0 atom stereocenters. The van der Waals surface area contributed by atoms with Crippen LogP contribution in [0.2, 0.25) is 0 Å². The van der Waals surface area contributed by atoms with Crippen LogP contribution in [0.4, 0.5) is 0 Å². The van der Waals surface area contributed by atoms with Gasteiger partial charge in [0.05, 0.1) is 6.42 Å². The predicted molar refractivity (Wildman–Crippen MR) is 108 cm³/mol. The molecular formula is C23H27NO4. The maximum atomic E-state index is 12.2. The number of nitrogens with two attached hydrogens (primary N) is 1. The van der Waals surface area contributed by atoms with E-state index < -0.39 is 11.9 Å². The van der Waals surface area contributed by atoms with Crippen molar-refractivity contribution in [3.8, 4) is 0 Å². The highest BCUT2D eigenvalue weighted by atomic mass is 16.5. The minimum absolute atomic E-state index is 0.0381. The molecule has 0 saturated carbocycles. The maximum Gasteiger partial charge on any atom is 0.306 e. The number of Topliss-reactive ketones (excluding diaryl/α,β-unsaturated/α-hetero) is 1. The van der Waals surface area contributed by atoms with Crippen LogP contribution in [0, 0.1) is 0 Å². The fourth-order valence-electron chi connectivity index (χ4n) is 2.80. The lowest BCUT2D eigenvalue weighted by atomic mass is 10.0. The van der Waals surface area contributed by atoms with Gasteiger partial charge in [0.15, 0.2) is 5.78 Å². The minimum Gasteiger partial charge on any atom is -0.461 e. The number of hydrogen-bond acceptors (Lipinski definition) is 4. The lowest BCUT2D eigenvalue weighted by molar-refractivity contribution is -0.144. The number of primary amides is 1. The summed E-state index contributed by atoms with van der Waals surface area (Å²) in [5.74, 6) is -0.998. The number of ketones is 1. The Hall–Kier alpha value is -2.95. The van der Waals surface area contributed by atoms with Gasteiger partial charge in [-0.1, -0.05) is 56.2 Å². The number of benzene rings is 2. The average molecular weight is 381 g/mol. The second kappa shape index (κ2) is 11.0. The SMILES string of the molecule is CCCCCc1ccc(C(=O)CCC(=O)OCc2ccc(C(N)=O)cc2)cc1. The summed E-state index contributed by atoms with van der Waals surface area (Å²) in [5.41, 5.74) is 8.18. The standard InChI is InChI=1S/C23H27NO4/c1-2-3-4-5-17-6-10-19(11-7-17)21(25)14-15-22(26)28-16-18-8-12-20(13-9-18)23(24)27/h6-13H,2-5,14-16H2,1H3,(H2,24,27). The second-order valence-electron chi connectivity index (χ2n) is 6.80. The van der Waals surface area contributed by atoms with Gasteiger partial charge in [0.2, 0.25) is 5.91 Å². The number of ether oxygens (including phenoxy) is 1. The zero-order valence-electron chi connectivity index (χ0n) is 16.3. The van der Waals surface area contributed by atoms with Gasteiger partial charge in [0.1, 0.15) is 6.61 Å². The quantitative estimate of drug-likeness (QED) is 0.359. The van der Waals surface area contributed by atoms with Crippen molar-refractivity contribution >= 4 is 17.7 Å². The van der Waals surface area contributed by atoms with E-state index in [1.54, 1.807) is 24.3 Å². The zero-order chi connectivity index (χ0) is 20.4. The molecular weight excluding hydrogens is 354 g/mol. The monoisotopic (exact) mass is 381 g/mol. The Labute approximate surface area is 165 Å². The Morgan fingerprint density at radius 2 is 1.43 bits per heavy atom. The molecule has 2 aromatic carbocycles. The molecule has 0 aromatic heterocycles. The average Bonchev–Trinajstić information content (AvgIpc) is 2.71. The smallest absolute Gasteiger partial charge is 0.306 e. The molecule has 0 aliphatic heterocycles. The molecule has 2 rings (SSSR count). The van der Waals surface area contributed by atoms with E-state index in [4.69, 9.17) is 10.5 Å². The number of carbonyl (C=O) groups excluding carboxylic acids is 3. The zero-order valence-corrected chi connectivity index (χ0v) is 16.3. The van der Waals surface area contributed by atoms with E-state index in [9.17, 15) is 14.4 Å². The van der Waals surface area contributed by atoms with Gasteiger partial charge in [-0.15, -0.1) is 0 Å². The Morgan fingerprint density at radius 3 is 2.04 bits per heavy atom. The summed E-state index contributed by atoms with van der Waals surface area (Å²) in [6.07, 6.45) is 4.73. The van der Waals surface area contributed by atoms with Crippen molar-refractivity contribution in [1.82, 2.24) is 0 Å². The highest BCUT2D eigenvalue weighted by Gasteiger charge is 2.11. The summed E-state index contributed by atoms with van der Waals surface area (Å²) in [7, 11) is 0. The third kappa shape index (κ3) is 6.99. The molecule has 0 fully saturated rings.